The average Bonchev–Trinajstić information content (AvgIpc) is 2.72. The second-order valence-corrected chi connectivity index (χ2v) is 6.58. The molecule has 0 aliphatic heterocycles. The minimum absolute atomic E-state index is 0.282. The summed E-state index contributed by atoms with van der Waals surface area (Å²) in [6.07, 6.45) is 0. The fourth-order valence-electron chi connectivity index (χ4n) is 2.64. The maximum absolute atomic E-state index is 5.76. The van der Waals surface area contributed by atoms with Crippen LogP contribution in [0.25, 0.3) is 11.4 Å². The summed E-state index contributed by atoms with van der Waals surface area (Å²) >= 11 is 0. The van der Waals surface area contributed by atoms with E-state index in [2.05, 4.69) is 34.4 Å². The summed E-state index contributed by atoms with van der Waals surface area (Å²) in [5.74, 6) is 3.85. The van der Waals surface area contributed by atoms with Crippen molar-refractivity contribution in [3.8, 4) is 22.9 Å². The van der Waals surface area contributed by atoms with Gasteiger partial charge in [0.1, 0.15) is 29.7 Å². The molecule has 6 heteroatoms. The summed E-state index contributed by atoms with van der Waals surface area (Å²) in [6.45, 7) is 5.31. The summed E-state index contributed by atoms with van der Waals surface area (Å²) in [7, 11) is 1.65. The third-order valence-corrected chi connectivity index (χ3v) is 3.93. The minimum Gasteiger partial charge on any atom is -0.497 e. The Balaban J connectivity index is 1.64. The van der Waals surface area contributed by atoms with Gasteiger partial charge in [-0.15, -0.1) is 0 Å². The van der Waals surface area contributed by atoms with Gasteiger partial charge in [-0.3, -0.25) is 0 Å². The SMILES string of the molecule is COc1ccc(OCCNc2cc(NC(C)C)nc(-c3ccccc3)n2)cc1. The molecular formula is C22H26N4O2. The van der Waals surface area contributed by atoms with Crippen molar-refractivity contribution in [3.05, 3.63) is 60.7 Å². The molecule has 3 aromatic rings. The first kappa shape index (κ1) is 19.5. The van der Waals surface area contributed by atoms with Crippen molar-refractivity contribution in [2.75, 3.05) is 30.9 Å². The highest BCUT2D eigenvalue weighted by atomic mass is 16.5. The molecule has 1 heterocycles. The molecule has 0 radical (unpaired) electrons. The molecule has 0 fully saturated rings. The van der Waals surface area contributed by atoms with Crippen LogP contribution in [0.15, 0.2) is 60.7 Å². The largest absolute Gasteiger partial charge is 0.497 e. The highest BCUT2D eigenvalue weighted by Crippen LogP contribution is 2.21. The quantitative estimate of drug-likeness (QED) is 0.536. The Kier molecular flexibility index (Phi) is 6.68. The fraction of sp³-hybridized carbons (Fsp3) is 0.273. The zero-order valence-electron chi connectivity index (χ0n) is 16.5. The Bertz CT molecular complexity index is 867. The number of hydrogen-bond acceptors (Lipinski definition) is 6. The second kappa shape index (κ2) is 9.60. The number of nitrogens with one attached hydrogen (secondary N) is 2. The summed E-state index contributed by atoms with van der Waals surface area (Å²) in [4.78, 5) is 9.27. The van der Waals surface area contributed by atoms with Gasteiger partial charge < -0.3 is 20.1 Å². The zero-order valence-corrected chi connectivity index (χ0v) is 16.5. The van der Waals surface area contributed by atoms with Crippen LogP contribution < -0.4 is 20.1 Å². The predicted molar refractivity (Wildman–Crippen MR) is 113 cm³/mol. The van der Waals surface area contributed by atoms with Gasteiger partial charge in [0.05, 0.1) is 13.7 Å². The van der Waals surface area contributed by atoms with Crippen molar-refractivity contribution in [2.24, 2.45) is 0 Å². The normalized spacial score (nSPS) is 10.6. The number of ether oxygens (including phenoxy) is 2. The minimum atomic E-state index is 0.282. The highest BCUT2D eigenvalue weighted by molar-refractivity contribution is 5.61. The van der Waals surface area contributed by atoms with E-state index in [0.717, 1.165) is 28.7 Å². The molecule has 0 saturated heterocycles. The number of nitrogens with zero attached hydrogens (tertiary/aromatic N) is 2. The lowest BCUT2D eigenvalue weighted by Crippen LogP contribution is -2.15. The second-order valence-electron chi connectivity index (χ2n) is 6.58. The van der Waals surface area contributed by atoms with Crippen LogP contribution in [0.4, 0.5) is 11.6 Å². The topological polar surface area (TPSA) is 68.3 Å². The Hall–Kier alpha value is -3.28. The van der Waals surface area contributed by atoms with E-state index in [9.17, 15) is 0 Å². The number of rotatable bonds is 9. The lowest BCUT2D eigenvalue weighted by atomic mass is 10.2. The summed E-state index contributed by atoms with van der Waals surface area (Å²) in [6, 6.07) is 19.7. The van der Waals surface area contributed by atoms with Gasteiger partial charge in [-0.2, -0.15) is 0 Å². The van der Waals surface area contributed by atoms with Crippen LogP contribution in [0.3, 0.4) is 0 Å². The van der Waals surface area contributed by atoms with Gasteiger partial charge in [-0.05, 0) is 38.1 Å². The van der Waals surface area contributed by atoms with E-state index in [1.165, 1.54) is 0 Å². The van der Waals surface area contributed by atoms with E-state index in [1.807, 2.05) is 60.7 Å². The molecule has 28 heavy (non-hydrogen) atoms. The molecule has 0 saturated carbocycles. The van der Waals surface area contributed by atoms with E-state index < -0.39 is 0 Å². The van der Waals surface area contributed by atoms with Crippen molar-refractivity contribution in [1.82, 2.24) is 9.97 Å². The van der Waals surface area contributed by atoms with Gasteiger partial charge in [0.15, 0.2) is 5.82 Å². The molecule has 0 atom stereocenters. The number of benzene rings is 2. The molecule has 0 aliphatic rings. The summed E-state index contributed by atoms with van der Waals surface area (Å²) in [5, 5.41) is 6.67. The van der Waals surface area contributed by atoms with E-state index in [0.29, 0.717) is 19.0 Å². The molecule has 2 aromatic carbocycles. The molecule has 0 unspecified atom stereocenters. The molecule has 2 N–H and O–H groups in total. The van der Waals surface area contributed by atoms with E-state index in [1.54, 1.807) is 7.11 Å². The number of aromatic nitrogens is 2. The average molecular weight is 378 g/mol. The molecule has 0 amide bonds. The van der Waals surface area contributed by atoms with Crippen LogP contribution in [-0.4, -0.2) is 36.3 Å². The lowest BCUT2D eigenvalue weighted by molar-refractivity contribution is 0.331. The molecule has 3 rings (SSSR count). The van der Waals surface area contributed by atoms with Gasteiger partial charge in [0, 0.05) is 17.7 Å². The summed E-state index contributed by atoms with van der Waals surface area (Å²) < 4.78 is 10.9. The van der Waals surface area contributed by atoms with Crippen LogP contribution in [0.2, 0.25) is 0 Å². The Morgan fingerprint density at radius 2 is 1.57 bits per heavy atom. The van der Waals surface area contributed by atoms with Crippen LogP contribution >= 0.6 is 0 Å². The van der Waals surface area contributed by atoms with Crippen molar-refractivity contribution in [1.29, 1.82) is 0 Å². The monoisotopic (exact) mass is 378 g/mol. The molecule has 1 aromatic heterocycles. The first-order chi connectivity index (χ1) is 13.6. The molecule has 146 valence electrons. The van der Waals surface area contributed by atoms with Crippen molar-refractivity contribution in [2.45, 2.75) is 19.9 Å². The number of hydrogen-bond donors (Lipinski definition) is 2. The van der Waals surface area contributed by atoms with Gasteiger partial charge in [-0.25, -0.2) is 9.97 Å². The maximum Gasteiger partial charge on any atom is 0.163 e. The first-order valence-corrected chi connectivity index (χ1v) is 9.36. The predicted octanol–water partition coefficient (Wildman–Crippen LogP) is 4.46. The molecule has 0 bridgehead atoms. The highest BCUT2D eigenvalue weighted by Gasteiger charge is 2.08. The Labute approximate surface area is 166 Å². The summed E-state index contributed by atoms with van der Waals surface area (Å²) in [5.41, 5.74) is 0.979. The molecule has 0 aliphatic carbocycles. The molecule has 6 nitrogen and oxygen atoms in total. The Morgan fingerprint density at radius 3 is 2.25 bits per heavy atom. The smallest absolute Gasteiger partial charge is 0.163 e. The van der Waals surface area contributed by atoms with Gasteiger partial charge in [0.2, 0.25) is 0 Å². The van der Waals surface area contributed by atoms with Crippen LogP contribution in [-0.2, 0) is 0 Å². The standard InChI is InChI=1S/C22H26N4O2/c1-16(2)24-21-15-20(25-22(26-21)17-7-5-4-6-8-17)23-13-14-28-19-11-9-18(27-3)10-12-19/h4-12,15-16H,13-14H2,1-3H3,(H2,23,24,25,26). The van der Waals surface area contributed by atoms with Crippen molar-refractivity contribution in [3.63, 3.8) is 0 Å². The van der Waals surface area contributed by atoms with E-state index in [-0.39, 0.29) is 6.04 Å². The zero-order chi connectivity index (χ0) is 19.8. The molecule has 0 spiro atoms. The Morgan fingerprint density at radius 1 is 0.893 bits per heavy atom. The lowest BCUT2D eigenvalue weighted by Gasteiger charge is -2.14. The first-order valence-electron chi connectivity index (χ1n) is 9.36. The van der Waals surface area contributed by atoms with E-state index in [4.69, 9.17) is 9.47 Å². The van der Waals surface area contributed by atoms with Crippen LogP contribution in [0.1, 0.15) is 13.8 Å². The van der Waals surface area contributed by atoms with Crippen molar-refractivity contribution >= 4 is 11.6 Å². The van der Waals surface area contributed by atoms with E-state index >= 15 is 0 Å². The van der Waals surface area contributed by atoms with Crippen molar-refractivity contribution < 1.29 is 9.47 Å². The fourth-order valence-corrected chi connectivity index (χ4v) is 2.64. The number of anilines is 2. The van der Waals surface area contributed by atoms with Gasteiger partial charge in [-0.1, -0.05) is 30.3 Å². The third kappa shape index (κ3) is 5.61. The van der Waals surface area contributed by atoms with Gasteiger partial charge >= 0.3 is 0 Å². The third-order valence-electron chi connectivity index (χ3n) is 3.93. The van der Waals surface area contributed by atoms with Gasteiger partial charge in [0.25, 0.3) is 0 Å². The number of methoxy groups -OCH3 is 1. The maximum atomic E-state index is 5.76. The van der Waals surface area contributed by atoms with Crippen LogP contribution in [0.5, 0.6) is 11.5 Å². The molecular weight excluding hydrogens is 352 g/mol. The van der Waals surface area contributed by atoms with Crippen LogP contribution in [0, 0.1) is 0 Å².